The Hall–Kier alpha value is -4.13. The highest BCUT2D eigenvalue weighted by Gasteiger charge is 2.15. The lowest BCUT2D eigenvalue weighted by Gasteiger charge is -2.14. The number of alkyl halides is 2. The van der Waals surface area contributed by atoms with Crippen LogP contribution in [0.3, 0.4) is 0 Å². The molecule has 0 saturated carbocycles. The lowest BCUT2D eigenvalue weighted by Crippen LogP contribution is -2.10. The number of rotatable bonds is 8. The third-order valence-electron chi connectivity index (χ3n) is 4.33. The van der Waals surface area contributed by atoms with Gasteiger partial charge in [-0.15, -0.1) is 10.2 Å². The summed E-state index contributed by atoms with van der Waals surface area (Å²) in [5.74, 6) is 0.753. The van der Waals surface area contributed by atoms with Crippen LogP contribution in [0.5, 0.6) is 5.88 Å². The Bertz CT molecular complexity index is 1120. The molecule has 3 aromatic heterocycles. The number of anilines is 1. The molecule has 0 fully saturated rings. The fourth-order valence-electron chi connectivity index (χ4n) is 2.66. The van der Waals surface area contributed by atoms with Crippen LogP contribution < -0.4 is 9.64 Å². The SMILES string of the molecule is C=CN(/C=C(\C)C#N)c1ccc(OCc2c(-c3ccc(C(F)F)cn3)cnn2C)nn1. The molecule has 0 aliphatic carbocycles. The van der Waals surface area contributed by atoms with Crippen molar-refractivity contribution in [2.24, 2.45) is 7.05 Å². The summed E-state index contributed by atoms with van der Waals surface area (Å²) in [5, 5.41) is 21.3. The average molecular weight is 423 g/mol. The number of nitrogens with zero attached hydrogens (tertiary/aromatic N) is 7. The first-order valence-electron chi connectivity index (χ1n) is 9.14. The predicted octanol–water partition coefficient (Wildman–Crippen LogP) is 4.17. The van der Waals surface area contributed by atoms with E-state index in [9.17, 15) is 8.78 Å². The molecule has 0 unspecified atom stereocenters. The molecule has 158 valence electrons. The molecular formula is C21H19F2N7O. The summed E-state index contributed by atoms with van der Waals surface area (Å²) < 4.78 is 32.9. The van der Waals surface area contributed by atoms with Gasteiger partial charge in [-0.2, -0.15) is 10.4 Å². The number of aromatic nitrogens is 5. The summed E-state index contributed by atoms with van der Waals surface area (Å²) in [6, 6.07) is 8.21. The third kappa shape index (κ3) is 5.08. The van der Waals surface area contributed by atoms with E-state index in [4.69, 9.17) is 10.00 Å². The number of ether oxygens (including phenoxy) is 1. The van der Waals surface area contributed by atoms with Crippen LogP contribution in [0.2, 0.25) is 0 Å². The molecule has 0 spiro atoms. The van der Waals surface area contributed by atoms with Crippen molar-refractivity contribution in [3.8, 4) is 23.2 Å². The van der Waals surface area contributed by atoms with Crippen LogP contribution in [0.15, 0.2) is 61.2 Å². The Morgan fingerprint density at radius 3 is 2.68 bits per heavy atom. The van der Waals surface area contributed by atoms with Gasteiger partial charge in [0.25, 0.3) is 6.43 Å². The van der Waals surface area contributed by atoms with Crippen molar-refractivity contribution < 1.29 is 13.5 Å². The first-order chi connectivity index (χ1) is 14.9. The maximum Gasteiger partial charge on any atom is 0.265 e. The van der Waals surface area contributed by atoms with Crippen molar-refractivity contribution in [2.45, 2.75) is 20.0 Å². The van der Waals surface area contributed by atoms with Crippen molar-refractivity contribution >= 4 is 5.82 Å². The van der Waals surface area contributed by atoms with Crippen molar-refractivity contribution in [1.82, 2.24) is 25.0 Å². The van der Waals surface area contributed by atoms with E-state index in [-0.39, 0.29) is 18.1 Å². The molecule has 3 rings (SSSR count). The first-order valence-corrected chi connectivity index (χ1v) is 9.14. The molecule has 0 radical (unpaired) electrons. The van der Waals surface area contributed by atoms with Gasteiger partial charge in [0.05, 0.1) is 23.7 Å². The van der Waals surface area contributed by atoms with Gasteiger partial charge in [0.2, 0.25) is 5.88 Å². The third-order valence-corrected chi connectivity index (χ3v) is 4.33. The van der Waals surface area contributed by atoms with E-state index in [2.05, 4.69) is 26.9 Å². The van der Waals surface area contributed by atoms with E-state index in [1.165, 1.54) is 18.3 Å². The number of pyridine rings is 1. The highest BCUT2D eigenvalue weighted by molar-refractivity contribution is 5.61. The molecule has 0 amide bonds. The van der Waals surface area contributed by atoms with E-state index in [0.717, 1.165) is 6.20 Å². The summed E-state index contributed by atoms with van der Waals surface area (Å²) in [6.45, 7) is 5.49. The van der Waals surface area contributed by atoms with Gasteiger partial charge >= 0.3 is 0 Å². The van der Waals surface area contributed by atoms with E-state index in [1.807, 2.05) is 6.07 Å². The van der Waals surface area contributed by atoms with Crippen LogP contribution in [0.4, 0.5) is 14.6 Å². The zero-order chi connectivity index (χ0) is 22.4. The fraction of sp³-hybridized carbons (Fsp3) is 0.190. The molecule has 0 atom stereocenters. The summed E-state index contributed by atoms with van der Waals surface area (Å²) in [4.78, 5) is 5.68. The number of nitriles is 1. The quantitative estimate of drug-likeness (QED) is 0.502. The van der Waals surface area contributed by atoms with Gasteiger partial charge in [-0.05, 0) is 25.1 Å². The Labute approximate surface area is 177 Å². The second kappa shape index (κ2) is 9.58. The highest BCUT2D eigenvalue weighted by Crippen LogP contribution is 2.25. The van der Waals surface area contributed by atoms with E-state index in [0.29, 0.717) is 28.3 Å². The summed E-state index contributed by atoms with van der Waals surface area (Å²) in [7, 11) is 1.75. The molecule has 0 aliphatic heterocycles. The molecule has 10 heteroatoms. The van der Waals surface area contributed by atoms with Crippen LogP contribution in [0.25, 0.3) is 11.3 Å². The number of hydrogen-bond acceptors (Lipinski definition) is 7. The first kappa shape index (κ1) is 21.6. The zero-order valence-electron chi connectivity index (χ0n) is 16.9. The molecule has 3 aromatic rings. The molecule has 3 heterocycles. The minimum Gasteiger partial charge on any atom is -0.470 e. The van der Waals surface area contributed by atoms with Crippen LogP contribution in [0.1, 0.15) is 24.6 Å². The second-order valence-corrected chi connectivity index (χ2v) is 6.44. The topological polar surface area (TPSA) is 92.8 Å². The number of hydrogen-bond donors (Lipinski definition) is 0. The Morgan fingerprint density at radius 2 is 2.10 bits per heavy atom. The van der Waals surface area contributed by atoms with Crippen molar-refractivity contribution in [3.05, 3.63) is 72.5 Å². The molecule has 8 nitrogen and oxygen atoms in total. The fourth-order valence-corrected chi connectivity index (χ4v) is 2.66. The predicted molar refractivity (Wildman–Crippen MR) is 110 cm³/mol. The van der Waals surface area contributed by atoms with Gasteiger partial charge in [-0.25, -0.2) is 8.78 Å². The molecule has 0 aliphatic rings. The Kier molecular flexibility index (Phi) is 6.67. The van der Waals surface area contributed by atoms with E-state index >= 15 is 0 Å². The number of aryl methyl sites for hydroxylation is 1. The minimum atomic E-state index is -2.57. The normalized spacial score (nSPS) is 11.3. The second-order valence-electron chi connectivity index (χ2n) is 6.44. The number of allylic oxidation sites excluding steroid dienone is 1. The lowest BCUT2D eigenvalue weighted by atomic mass is 10.1. The zero-order valence-corrected chi connectivity index (χ0v) is 16.9. The van der Waals surface area contributed by atoms with Crippen LogP contribution in [-0.4, -0.2) is 25.0 Å². The Balaban J connectivity index is 1.74. The monoisotopic (exact) mass is 423 g/mol. The molecule has 0 bridgehead atoms. The maximum atomic E-state index is 12.8. The Morgan fingerprint density at radius 1 is 1.29 bits per heavy atom. The van der Waals surface area contributed by atoms with Gasteiger partial charge in [-0.3, -0.25) is 9.67 Å². The van der Waals surface area contributed by atoms with Crippen LogP contribution >= 0.6 is 0 Å². The number of halogens is 2. The van der Waals surface area contributed by atoms with Crippen molar-refractivity contribution in [1.29, 1.82) is 5.26 Å². The molecule has 0 aromatic carbocycles. The molecule has 0 N–H and O–H groups in total. The maximum absolute atomic E-state index is 12.8. The molecule has 31 heavy (non-hydrogen) atoms. The van der Waals surface area contributed by atoms with Gasteiger partial charge in [0.15, 0.2) is 5.82 Å². The standard InChI is InChI=1S/C21H19F2N7O/c1-4-30(12-14(2)9-24)19-7-8-20(28-27-19)31-13-18-16(11-26-29(18)3)17-6-5-15(10-25-17)21(22)23/h4-8,10-12,21H,1,13H2,2-3H3/b14-12+. The lowest BCUT2D eigenvalue weighted by molar-refractivity contribution is 0.151. The largest absolute Gasteiger partial charge is 0.470 e. The molecule has 0 saturated heterocycles. The van der Waals surface area contributed by atoms with Gasteiger partial charge in [-0.1, -0.05) is 6.58 Å². The smallest absolute Gasteiger partial charge is 0.265 e. The van der Waals surface area contributed by atoms with Gasteiger partial charge in [0, 0.05) is 48.4 Å². The van der Waals surface area contributed by atoms with E-state index in [1.54, 1.807) is 48.1 Å². The van der Waals surface area contributed by atoms with Crippen LogP contribution in [-0.2, 0) is 13.7 Å². The van der Waals surface area contributed by atoms with Gasteiger partial charge < -0.3 is 9.64 Å². The summed E-state index contributed by atoms with van der Waals surface area (Å²) in [6.07, 6.45) is 3.28. The van der Waals surface area contributed by atoms with Crippen molar-refractivity contribution in [2.75, 3.05) is 4.90 Å². The summed E-state index contributed by atoms with van der Waals surface area (Å²) in [5.41, 5.74) is 2.22. The van der Waals surface area contributed by atoms with E-state index < -0.39 is 6.43 Å². The van der Waals surface area contributed by atoms with Crippen molar-refractivity contribution in [3.63, 3.8) is 0 Å². The summed E-state index contributed by atoms with van der Waals surface area (Å²) >= 11 is 0. The highest BCUT2D eigenvalue weighted by atomic mass is 19.3. The van der Waals surface area contributed by atoms with Crippen LogP contribution in [0, 0.1) is 11.3 Å². The van der Waals surface area contributed by atoms with Gasteiger partial charge in [0.1, 0.15) is 6.61 Å². The molecular weight excluding hydrogens is 404 g/mol. The minimum absolute atomic E-state index is 0.122. The average Bonchev–Trinajstić information content (AvgIpc) is 3.16.